The topological polar surface area (TPSA) is 77.2 Å². The van der Waals surface area contributed by atoms with E-state index in [-0.39, 0.29) is 17.4 Å². The molecule has 1 N–H and O–H groups in total. The Hall–Kier alpha value is -2.21. The van der Waals surface area contributed by atoms with Crippen LogP contribution in [0.1, 0.15) is 58.9 Å². The number of hydrogen-bond donors (Lipinski definition) is 1. The second-order valence-corrected chi connectivity index (χ2v) is 7.96. The number of ether oxygens (including phenoxy) is 1. The van der Waals surface area contributed by atoms with E-state index in [1.54, 1.807) is 0 Å². The van der Waals surface area contributed by atoms with Crippen molar-refractivity contribution < 1.29 is 14.1 Å². The molecule has 0 atom stereocenters. The third kappa shape index (κ3) is 7.13. The molecule has 1 amide bonds. The molecule has 1 aromatic carbocycles. The fourth-order valence-electron chi connectivity index (χ4n) is 2.52. The Labute approximate surface area is 161 Å². The van der Waals surface area contributed by atoms with Gasteiger partial charge in [-0.25, -0.2) is 0 Å². The molecule has 0 radical (unpaired) electrons. The number of carbonyl (C=O) groups excluding carboxylic acids is 1. The number of nitrogens with one attached hydrogen (secondary N) is 1. The Morgan fingerprint density at radius 1 is 1.22 bits per heavy atom. The van der Waals surface area contributed by atoms with Gasteiger partial charge >= 0.3 is 0 Å². The van der Waals surface area contributed by atoms with E-state index >= 15 is 0 Å². The molecule has 0 saturated heterocycles. The minimum absolute atomic E-state index is 0.0196. The van der Waals surface area contributed by atoms with Crippen LogP contribution in [0.2, 0.25) is 0 Å². The first-order chi connectivity index (χ1) is 12.8. The molecule has 0 saturated carbocycles. The largest absolute Gasteiger partial charge is 0.379 e. The fourth-order valence-corrected chi connectivity index (χ4v) is 2.52. The Bertz CT molecular complexity index is 715. The van der Waals surface area contributed by atoms with Crippen molar-refractivity contribution in [1.29, 1.82) is 0 Å². The van der Waals surface area contributed by atoms with Crippen molar-refractivity contribution >= 4 is 5.91 Å². The van der Waals surface area contributed by atoms with E-state index in [1.807, 2.05) is 26.0 Å². The minimum atomic E-state index is -0.0196. The fraction of sp³-hybridized carbons (Fsp3) is 0.571. The van der Waals surface area contributed by atoms with Crippen LogP contribution in [0.4, 0.5) is 0 Å². The zero-order chi connectivity index (χ0) is 19.9. The number of rotatable bonds is 9. The van der Waals surface area contributed by atoms with Crippen molar-refractivity contribution in [2.45, 2.75) is 65.4 Å². The van der Waals surface area contributed by atoms with Gasteiger partial charge in [-0.1, -0.05) is 50.2 Å². The van der Waals surface area contributed by atoms with Crippen molar-refractivity contribution in [3.8, 4) is 11.4 Å². The molecular weight excluding hydrogens is 342 g/mol. The maximum Gasteiger partial charge on any atom is 0.227 e. The molecule has 148 valence electrons. The molecule has 27 heavy (non-hydrogen) atoms. The maximum absolute atomic E-state index is 11.9. The van der Waals surface area contributed by atoms with Gasteiger partial charge in [0.2, 0.25) is 17.6 Å². The monoisotopic (exact) mass is 373 g/mol. The molecule has 0 aliphatic heterocycles. The molecular formula is C21H31N3O3. The summed E-state index contributed by atoms with van der Waals surface area (Å²) in [5.41, 5.74) is 2.27. The van der Waals surface area contributed by atoms with Gasteiger partial charge in [-0.05, 0) is 31.2 Å². The van der Waals surface area contributed by atoms with Gasteiger partial charge in [0.15, 0.2) is 0 Å². The van der Waals surface area contributed by atoms with Gasteiger partial charge in [0.1, 0.15) is 0 Å². The molecule has 2 rings (SSSR count). The predicted molar refractivity (Wildman–Crippen MR) is 105 cm³/mol. The number of aromatic nitrogens is 2. The first kappa shape index (κ1) is 21.1. The molecule has 1 aromatic heterocycles. The van der Waals surface area contributed by atoms with Crippen LogP contribution in [0.5, 0.6) is 0 Å². The maximum atomic E-state index is 11.9. The van der Waals surface area contributed by atoms with E-state index < -0.39 is 0 Å². The zero-order valence-corrected chi connectivity index (χ0v) is 17.0. The lowest BCUT2D eigenvalue weighted by Gasteiger charge is -2.18. The van der Waals surface area contributed by atoms with Gasteiger partial charge in [-0.3, -0.25) is 4.79 Å². The van der Waals surface area contributed by atoms with Crippen LogP contribution in [0.25, 0.3) is 11.4 Å². The molecule has 0 bridgehead atoms. The zero-order valence-electron chi connectivity index (χ0n) is 17.0. The first-order valence-electron chi connectivity index (χ1n) is 9.57. The summed E-state index contributed by atoms with van der Waals surface area (Å²) in [6, 6.07) is 8.17. The van der Waals surface area contributed by atoms with E-state index in [2.05, 4.69) is 48.4 Å². The highest BCUT2D eigenvalue weighted by Crippen LogP contribution is 2.25. The summed E-state index contributed by atoms with van der Waals surface area (Å²) in [7, 11) is 0. The Balaban J connectivity index is 1.78. The van der Waals surface area contributed by atoms with Gasteiger partial charge in [-0.2, -0.15) is 4.98 Å². The van der Waals surface area contributed by atoms with Gasteiger partial charge in [-0.15, -0.1) is 0 Å². The van der Waals surface area contributed by atoms with Crippen LogP contribution in [0.3, 0.4) is 0 Å². The lowest BCUT2D eigenvalue weighted by Crippen LogP contribution is -2.25. The Morgan fingerprint density at radius 2 is 1.93 bits per heavy atom. The lowest BCUT2D eigenvalue weighted by atomic mass is 9.87. The molecule has 0 aliphatic rings. The summed E-state index contributed by atoms with van der Waals surface area (Å²) >= 11 is 0. The van der Waals surface area contributed by atoms with E-state index in [1.165, 1.54) is 5.56 Å². The minimum Gasteiger partial charge on any atom is -0.379 e. The summed E-state index contributed by atoms with van der Waals surface area (Å²) in [5, 5.41) is 6.90. The summed E-state index contributed by atoms with van der Waals surface area (Å²) < 4.78 is 10.7. The first-order valence-corrected chi connectivity index (χ1v) is 9.57. The molecule has 0 spiro atoms. The van der Waals surface area contributed by atoms with E-state index in [0.717, 1.165) is 12.0 Å². The van der Waals surface area contributed by atoms with Gasteiger partial charge < -0.3 is 14.6 Å². The highest BCUT2D eigenvalue weighted by molar-refractivity contribution is 5.75. The average molecular weight is 373 g/mol. The molecule has 0 fully saturated rings. The Morgan fingerprint density at radius 3 is 2.56 bits per heavy atom. The average Bonchev–Trinajstić information content (AvgIpc) is 3.08. The Kier molecular flexibility index (Phi) is 7.54. The highest BCUT2D eigenvalue weighted by atomic mass is 16.5. The number of nitrogens with zero attached hydrogens (tertiary/aromatic N) is 2. The second-order valence-electron chi connectivity index (χ2n) is 7.96. The van der Waals surface area contributed by atoms with Crippen molar-refractivity contribution in [3.63, 3.8) is 0 Å². The number of benzene rings is 1. The number of amides is 1. The van der Waals surface area contributed by atoms with Crippen molar-refractivity contribution in [1.82, 2.24) is 15.5 Å². The van der Waals surface area contributed by atoms with Crippen LogP contribution in [-0.2, 0) is 21.4 Å². The second kappa shape index (κ2) is 9.65. The molecule has 1 heterocycles. The molecule has 0 unspecified atom stereocenters. The molecule has 0 aliphatic carbocycles. The van der Waals surface area contributed by atoms with Crippen molar-refractivity contribution in [2.75, 3.05) is 13.2 Å². The molecule has 6 nitrogen and oxygen atoms in total. The number of aryl methyl sites for hydroxylation is 1. The van der Waals surface area contributed by atoms with Crippen LogP contribution >= 0.6 is 0 Å². The van der Waals surface area contributed by atoms with Crippen LogP contribution in [-0.4, -0.2) is 35.3 Å². The summed E-state index contributed by atoms with van der Waals surface area (Å²) in [6.45, 7) is 11.8. The van der Waals surface area contributed by atoms with Crippen molar-refractivity contribution in [3.05, 3.63) is 35.7 Å². The summed E-state index contributed by atoms with van der Waals surface area (Å²) in [6.07, 6.45) is 1.79. The van der Waals surface area contributed by atoms with Gasteiger partial charge in [0.25, 0.3) is 0 Å². The normalized spacial score (nSPS) is 11.8. The quantitative estimate of drug-likeness (QED) is 0.675. The van der Waals surface area contributed by atoms with Crippen LogP contribution in [0, 0.1) is 0 Å². The van der Waals surface area contributed by atoms with Crippen LogP contribution in [0.15, 0.2) is 28.8 Å². The summed E-state index contributed by atoms with van der Waals surface area (Å²) in [4.78, 5) is 16.3. The van der Waals surface area contributed by atoms with Gasteiger partial charge in [0.05, 0.1) is 6.10 Å². The van der Waals surface area contributed by atoms with E-state index in [0.29, 0.717) is 37.7 Å². The lowest BCUT2D eigenvalue weighted by molar-refractivity contribution is -0.121. The molecule has 6 heteroatoms. The van der Waals surface area contributed by atoms with Crippen molar-refractivity contribution in [2.24, 2.45) is 0 Å². The van der Waals surface area contributed by atoms with E-state index in [4.69, 9.17) is 9.26 Å². The third-order valence-corrected chi connectivity index (χ3v) is 4.14. The van der Waals surface area contributed by atoms with E-state index in [9.17, 15) is 4.79 Å². The standard InChI is InChI=1S/C21H31N3O3/c1-15(2)26-14-6-13-22-18(25)11-12-19-23-20(24-27-19)16-7-9-17(10-8-16)21(3,4)5/h7-10,15H,6,11-14H2,1-5H3,(H,22,25). The molecule has 2 aromatic rings. The van der Waals surface area contributed by atoms with Gasteiger partial charge in [0, 0.05) is 31.6 Å². The number of carbonyl (C=O) groups is 1. The SMILES string of the molecule is CC(C)OCCCNC(=O)CCc1nc(-c2ccc(C(C)(C)C)cc2)no1. The summed E-state index contributed by atoms with van der Waals surface area (Å²) in [5.74, 6) is 1.01. The third-order valence-electron chi connectivity index (χ3n) is 4.14. The number of hydrogen-bond acceptors (Lipinski definition) is 5. The van der Waals surface area contributed by atoms with Crippen LogP contribution < -0.4 is 5.32 Å². The predicted octanol–water partition coefficient (Wildman–Crippen LogP) is 3.90. The smallest absolute Gasteiger partial charge is 0.227 e. The highest BCUT2D eigenvalue weighted by Gasteiger charge is 2.15.